The van der Waals surface area contributed by atoms with E-state index in [4.69, 9.17) is 5.73 Å². The summed E-state index contributed by atoms with van der Waals surface area (Å²) in [7, 11) is -3.57. The molecule has 1 heterocycles. The van der Waals surface area contributed by atoms with Crippen molar-refractivity contribution in [3.8, 4) is 0 Å². The van der Waals surface area contributed by atoms with Gasteiger partial charge in [0.05, 0.1) is 9.37 Å². The van der Waals surface area contributed by atoms with E-state index in [1.165, 1.54) is 16.4 Å². The predicted octanol–water partition coefficient (Wildman–Crippen LogP) is 2.01. The van der Waals surface area contributed by atoms with Crippen molar-refractivity contribution in [2.24, 2.45) is 5.73 Å². The van der Waals surface area contributed by atoms with Crippen molar-refractivity contribution in [2.45, 2.75) is 30.7 Å². The Hall–Kier alpha value is -0.500. The van der Waals surface area contributed by atoms with Gasteiger partial charge in [-0.05, 0) is 53.4 Å². The van der Waals surface area contributed by atoms with E-state index >= 15 is 0 Å². The molecule has 0 aliphatic carbocycles. The van der Waals surface area contributed by atoms with Crippen molar-refractivity contribution in [1.82, 2.24) is 4.31 Å². The van der Waals surface area contributed by atoms with Crippen LogP contribution in [0, 0.1) is 12.7 Å². The number of hydrogen-bond donors (Lipinski definition) is 1. The molecular formula is C12H16BrFN2O2S. The van der Waals surface area contributed by atoms with Crippen LogP contribution in [0.25, 0.3) is 0 Å². The maximum absolute atomic E-state index is 13.4. The minimum absolute atomic E-state index is 0.0625. The molecule has 2 rings (SSSR count). The number of sulfonamides is 1. The molecule has 1 saturated heterocycles. The molecule has 1 aliphatic heterocycles. The first-order valence-corrected chi connectivity index (χ1v) is 8.27. The smallest absolute Gasteiger partial charge is 0.243 e. The molecule has 0 radical (unpaired) electrons. The topological polar surface area (TPSA) is 63.4 Å². The van der Waals surface area contributed by atoms with E-state index in [-0.39, 0.29) is 15.4 Å². The number of halogens is 2. The summed E-state index contributed by atoms with van der Waals surface area (Å²) in [6.45, 7) is 2.42. The molecule has 0 saturated carbocycles. The molecule has 0 amide bonds. The first kappa shape index (κ1) is 14.9. The van der Waals surface area contributed by atoms with Gasteiger partial charge in [0.1, 0.15) is 5.82 Å². The van der Waals surface area contributed by atoms with Crippen LogP contribution in [0.15, 0.2) is 21.5 Å². The van der Waals surface area contributed by atoms with Gasteiger partial charge in [0.2, 0.25) is 10.0 Å². The number of aryl methyl sites for hydroxylation is 1. The molecule has 106 valence electrons. The normalized spacial score (nSPS) is 18.7. The molecule has 7 heteroatoms. The van der Waals surface area contributed by atoms with Crippen LogP contribution >= 0.6 is 15.9 Å². The minimum Gasteiger partial charge on any atom is -0.328 e. The predicted molar refractivity (Wildman–Crippen MR) is 74.8 cm³/mol. The molecule has 0 spiro atoms. The molecule has 1 aromatic rings. The Bertz CT molecular complexity index is 584. The second kappa shape index (κ2) is 5.47. The minimum atomic E-state index is -3.57. The van der Waals surface area contributed by atoms with Crippen LogP contribution in [0.3, 0.4) is 0 Å². The Morgan fingerprint density at radius 3 is 2.53 bits per heavy atom. The average Bonchev–Trinajstić information content (AvgIpc) is 2.34. The van der Waals surface area contributed by atoms with Crippen molar-refractivity contribution in [3.63, 3.8) is 0 Å². The Labute approximate surface area is 121 Å². The van der Waals surface area contributed by atoms with E-state index in [1.54, 1.807) is 6.92 Å². The molecule has 0 unspecified atom stereocenters. The Morgan fingerprint density at radius 2 is 1.95 bits per heavy atom. The highest BCUT2D eigenvalue weighted by atomic mass is 79.9. The lowest BCUT2D eigenvalue weighted by Crippen LogP contribution is -2.42. The summed E-state index contributed by atoms with van der Waals surface area (Å²) in [5.41, 5.74) is 6.19. The summed E-state index contributed by atoms with van der Waals surface area (Å²) in [5, 5.41) is 0. The van der Waals surface area contributed by atoms with Gasteiger partial charge in [-0.3, -0.25) is 0 Å². The first-order chi connectivity index (χ1) is 8.82. The summed E-state index contributed by atoms with van der Waals surface area (Å²) in [6, 6.07) is 2.62. The lowest BCUT2D eigenvalue weighted by molar-refractivity contribution is 0.320. The second-order valence-corrected chi connectivity index (χ2v) is 7.53. The fourth-order valence-electron chi connectivity index (χ4n) is 2.16. The Morgan fingerprint density at radius 1 is 1.37 bits per heavy atom. The zero-order valence-electron chi connectivity index (χ0n) is 10.6. The lowest BCUT2D eigenvalue weighted by atomic mass is 10.1. The number of benzene rings is 1. The average molecular weight is 351 g/mol. The Balaban J connectivity index is 2.37. The molecule has 1 aromatic carbocycles. The van der Waals surface area contributed by atoms with Gasteiger partial charge in [-0.2, -0.15) is 4.31 Å². The van der Waals surface area contributed by atoms with Crippen LogP contribution in [0.2, 0.25) is 0 Å². The molecule has 1 fully saturated rings. The van der Waals surface area contributed by atoms with Crippen molar-refractivity contribution in [1.29, 1.82) is 0 Å². The molecule has 19 heavy (non-hydrogen) atoms. The Kier molecular flexibility index (Phi) is 4.29. The van der Waals surface area contributed by atoms with Crippen molar-refractivity contribution >= 4 is 26.0 Å². The third-order valence-corrected chi connectivity index (χ3v) is 5.98. The van der Waals surface area contributed by atoms with E-state index in [2.05, 4.69) is 15.9 Å². The van der Waals surface area contributed by atoms with Gasteiger partial charge >= 0.3 is 0 Å². The summed E-state index contributed by atoms with van der Waals surface area (Å²) in [5.74, 6) is -0.461. The van der Waals surface area contributed by atoms with Crippen molar-refractivity contribution in [3.05, 3.63) is 28.0 Å². The quantitative estimate of drug-likeness (QED) is 0.887. The van der Waals surface area contributed by atoms with E-state index in [9.17, 15) is 12.8 Å². The number of piperidine rings is 1. The number of hydrogen-bond acceptors (Lipinski definition) is 3. The monoisotopic (exact) mass is 350 g/mol. The molecule has 0 bridgehead atoms. The van der Waals surface area contributed by atoms with E-state index < -0.39 is 15.8 Å². The van der Waals surface area contributed by atoms with Crippen LogP contribution in [0.4, 0.5) is 4.39 Å². The van der Waals surface area contributed by atoms with Gasteiger partial charge in [-0.25, -0.2) is 12.8 Å². The third-order valence-electron chi connectivity index (χ3n) is 3.33. The van der Waals surface area contributed by atoms with Gasteiger partial charge in [0, 0.05) is 19.1 Å². The van der Waals surface area contributed by atoms with Crippen LogP contribution < -0.4 is 5.73 Å². The number of nitrogens with zero attached hydrogens (tertiary/aromatic N) is 1. The molecule has 1 aliphatic rings. The fourth-order valence-corrected chi connectivity index (χ4v) is 4.36. The van der Waals surface area contributed by atoms with Crippen LogP contribution in [0.5, 0.6) is 0 Å². The van der Waals surface area contributed by atoms with Gasteiger partial charge in [-0.1, -0.05) is 0 Å². The zero-order valence-corrected chi connectivity index (χ0v) is 13.0. The first-order valence-electron chi connectivity index (χ1n) is 6.03. The van der Waals surface area contributed by atoms with E-state index in [0.29, 0.717) is 31.5 Å². The van der Waals surface area contributed by atoms with Gasteiger partial charge in [0.25, 0.3) is 0 Å². The lowest BCUT2D eigenvalue weighted by Gasteiger charge is -2.29. The van der Waals surface area contributed by atoms with Crippen molar-refractivity contribution < 1.29 is 12.8 Å². The molecule has 4 nitrogen and oxygen atoms in total. The van der Waals surface area contributed by atoms with Crippen LogP contribution in [-0.2, 0) is 10.0 Å². The van der Waals surface area contributed by atoms with Gasteiger partial charge < -0.3 is 5.73 Å². The fraction of sp³-hybridized carbons (Fsp3) is 0.500. The number of rotatable bonds is 2. The highest BCUT2D eigenvalue weighted by Gasteiger charge is 2.29. The van der Waals surface area contributed by atoms with Crippen molar-refractivity contribution in [2.75, 3.05) is 13.1 Å². The summed E-state index contributed by atoms with van der Waals surface area (Å²) in [6.07, 6.45) is 1.31. The number of nitrogens with two attached hydrogens (primary N) is 1. The zero-order chi connectivity index (χ0) is 14.2. The van der Waals surface area contributed by atoms with E-state index in [0.717, 1.165) is 0 Å². The molecule has 2 N–H and O–H groups in total. The van der Waals surface area contributed by atoms with E-state index in [1.807, 2.05) is 0 Å². The highest BCUT2D eigenvalue weighted by molar-refractivity contribution is 9.10. The summed E-state index contributed by atoms with van der Waals surface area (Å²) < 4.78 is 40.0. The summed E-state index contributed by atoms with van der Waals surface area (Å²) >= 11 is 3.03. The second-order valence-electron chi connectivity index (χ2n) is 4.77. The SMILES string of the molecule is Cc1cc(F)c(Br)cc1S(=O)(=O)N1CCC(N)CC1. The van der Waals surface area contributed by atoms with Crippen LogP contribution in [0.1, 0.15) is 18.4 Å². The van der Waals surface area contributed by atoms with Crippen LogP contribution in [-0.4, -0.2) is 31.9 Å². The molecule has 0 atom stereocenters. The molecule has 0 aromatic heterocycles. The largest absolute Gasteiger partial charge is 0.328 e. The van der Waals surface area contributed by atoms with Gasteiger partial charge in [0.15, 0.2) is 0 Å². The molecular weight excluding hydrogens is 335 g/mol. The summed E-state index contributed by atoms with van der Waals surface area (Å²) in [4.78, 5) is 0.149. The maximum atomic E-state index is 13.4. The third kappa shape index (κ3) is 2.99. The van der Waals surface area contributed by atoms with Gasteiger partial charge in [-0.15, -0.1) is 0 Å². The standard InChI is InChI=1S/C12H16BrFN2O2S/c1-8-6-11(14)10(13)7-12(8)19(17,18)16-4-2-9(15)3-5-16/h6-7,9H,2-5,15H2,1H3. The highest BCUT2D eigenvalue weighted by Crippen LogP contribution is 2.27. The maximum Gasteiger partial charge on any atom is 0.243 e.